The van der Waals surface area contributed by atoms with Crippen molar-refractivity contribution in [3.8, 4) is 0 Å². The average molecular weight is 345 g/mol. The molecule has 0 fully saturated rings. The Morgan fingerprint density at radius 3 is 1.48 bits per heavy atom. The quantitative estimate of drug-likeness (QED) is 0.170. The van der Waals surface area contributed by atoms with Crippen LogP contribution in [0.3, 0.4) is 0 Å². The van der Waals surface area contributed by atoms with Crippen molar-refractivity contribution in [1.29, 1.82) is 0 Å². The van der Waals surface area contributed by atoms with Crippen LogP contribution in [-0.2, 0) is 9.53 Å². The van der Waals surface area contributed by atoms with Crippen LogP contribution in [0.4, 0.5) is 0 Å². The minimum absolute atomic E-state index is 0.0613. The molecule has 0 aromatic heterocycles. The van der Waals surface area contributed by atoms with Crippen LogP contribution < -0.4 is 0 Å². The first-order valence-corrected chi connectivity index (χ1v) is 10.7. The lowest BCUT2D eigenvalue weighted by Crippen LogP contribution is -2.06. The predicted molar refractivity (Wildman–Crippen MR) is 104 cm³/mol. The molecule has 0 aromatic carbocycles. The molecule has 0 radical (unpaired) electrons. The summed E-state index contributed by atoms with van der Waals surface area (Å²) in [5.74, 6) is 0.554. The summed E-state index contributed by atoms with van der Waals surface area (Å²) in [6.45, 7) is 2.72. The highest BCUT2D eigenvalue weighted by molar-refractivity contribution is 7.80. The molecule has 0 aliphatic heterocycles. The molecular weight excluding hydrogens is 304 g/mol. The number of esters is 1. The molecule has 0 aliphatic rings. The number of unbranched alkanes of at least 4 members (excludes halogenated alkanes) is 14. The molecule has 0 saturated carbocycles. The number of carbonyl (C=O) groups is 1. The number of hydrogen-bond donors (Lipinski definition) is 1. The summed E-state index contributed by atoms with van der Waals surface area (Å²) >= 11 is 4.02. The van der Waals surface area contributed by atoms with Gasteiger partial charge < -0.3 is 4.74 Å². The monoisotopic (exact) mass is 344 g/mol. The van der Waals surface area contributed by atoms with E-state index >= 15 is 0 Å². The lowest BCUT2D eigenvalue weighted by molar-refractivity contribution is -0.143. The Hall–Kier alpha value is -0.180. The Labute approximate surface area is 150 Å². The molecule has 0 spiro atoms. The summed E-state index contributed by atoms with van der Waals surface area (Å²) in [4.78, 5) is 11.3. The van der Waals surface area contributed by atoms with Crippen LogP contribution in [0, 0.1) is 0 Å². The topological polar surface area (TPSA) is 26.3 Å². The van der Waals surface area contributed by atoms with Crippen molar-refractivity contribution in [2.75, 3.05) is 12.4 Å². The van der Waals surface area contributed by atoms with E-state index < -0.39 is 0 Å². The molecule has 138 valence electrons. The summed E-state index contributed by atoms with van der Waals surface area (Å²) in [7, 11) is 0. The number of rotatable bonds is 18. The zero-order chi connectivity index (χ0) is 17.0. The minimum atomic E-state index is -0.0613. The summed E-state index contributed by atoms with van der Waals surface area (Å²) in [6, 6.07) is 0. The second-order valence-corrected chi connectivity index (χ2v) is 7.09. The fourth-order valence-electron chi connectivity index (χ4n) is 2.87. The normalized spacial score (nSPS) is 10.9. The lowest BCUT2D eigenvalue weighted by atomic mass is 10.0. The van der Waals surface area contributed by atoms with E-state index in [9.17, 15) is 4.79 Å². The van der Waals surface area contributed by atoms with Gasteiger partial charge in [-0.15, -0.1) is 0 Å². The van der Waals surface area contributed by atoms with Crippen LogP contribution in [-0.4, -0.2) is 18.3 Å². The van der Waals surface area contributed by atoms with Crippen molar-refractivity contribution in [3.05, 3.63) is 0 Å². The third-order valence-electron chi connectivity index (χ3n) is 4.34. The molecule has 0 atom stereocenters. The standard InChI is InChI=1S/C20H40O2S/c1-2-3-4-5-6-7-8-9-10-11-12-13-14-15-16-17-20(21)22-18-19-23/h23H,2-19H2,1H3. The molecule has 3 heteroatoms. The maximum atomic E-state index is 11.3. The van der Waals surface area contributed by atoms with Crippen LogP contribution in [0.15, 0.2) is 0 Å². The van der Waals surface area contributed by atoms with E-state index in [1.807, 2.05) is 0 Å². The first-order chi connectivity index (χ1) is 11.3. The highest BCUT2D eigenvalue weighted by Crippen LogP contribution is 2.13. The van der Waals surface area contributed by atoms with E-state index in [1.165, 1.54) is 83.5 Å². The third-order valence-corrected chi connectivity index (χ3v) is 4.52. The largest absolute Gasteiger partial charge is 0.465 e. The molecule has 0 heterocycles. The van der Waals surface area contributed by atoms with Gasteiger partial charge in [-0.3, -0.25) is 4.79 Å². The molecule has 2 nitrogen and oxygen atoms in total. The van der Waals surface area contributed by atoms with Gasteiger partial charge in [0.1, 0.15) is 6.61 Å². The molecule has 23 heavy (non-hydrogen) atoms. The van der Waals surface area contributed by atoms with Crippen molar-refractivity contribution < 1.29 is 9.53 Å². The number of ether oxygens (including phenoxy) is 1. The van der Waals surface area contributed by atoms with Gasteiger partial charge in [-0.2, -0.15) is 12.6 Å². The fourth-order valence-corrected chi connectivity index (χ4v) is 2.96. The van der Waals surface area contributed by atoms with Gasteiger partial charge in [-0.1, -0.05) is 96.8 Å². The van der Waals surface area contributed by atoms with Gasteiger partial charge in [0.2, 0.25) is 0 Å². The van der Waals surface area contributed by atoms with Gasteiger partial charge in [0, 0.05) is 12.2 Å². The van der Waals surface area contributed by atoms with E-state index in [0.717, 1.165) is 12.8 Å². The second kappa shape index (κ2) is 19.9. The van der Waals surface area contributed by atoms with Crippen molar-refractivity contribution in [3.63, 3.8) is 0 Å². The fraction of sp³-hybridized carbons (Fsp3) is 0.950. The number of thiol groups is 1. The van der Waals surface area contributed by atoms with Crippen molar-refractivity contribution >= 4 is 18.6 Å². The summed E-state index contributed by atoms with van der Waals surface area (Å²) in [6.07, 6.45) is 20.8. The smallest absolute Gasteiger partial charge is 0.305 e. The maximum absolute atomic E-state index is 11.3. The Kier molecular flexibility index (Phi) is 19.7. The summed E-state index contributed by atoms with van der Waals surface area (Å²) < 4.78 is 4.99. The van der Waals surface area contributed by atoms with Crippen LogP contribution in [0.2, 0.25) is 0 Å². The molecule has 0 N–H and O–H groups in total. The van der Waals surface area contributed by atoms with E-state index in [4.69, 9.17) is 4.74 Å². The number of hydrogen-bond acceptors (Lipinski definition) is 3. The Bertz CT molecular complexity index is 244. The molecule has 0 bridgehead atoms. The molecule has 0 amide bonds. The van der Waals surface area contributed by atoms with Crippen LogP contribution in [0.1, 0.15) is 110 Å². The van der Waals surface area contributed by atoms with Gasteiger partial charge in [0.15, 0.2) is 0 Å². The predicted octanol–water partition coefficient (Wildman–Crippen LogP) is 6.72. The van der Waals surface area contributed by atoms with E-state index in [0.29, 0.717) is 18.8 Å². The van der Waals surface area contributed by atoms with Gasteiger partial charge in [-0.05, 0) is 6.42 Å². The molecular formula is C20H40O2S. The second-order valence-electron chi connectivity index (χ2n) is 6.64. The Morgan fingerprint density at radius 1 is 0.696 bits per heavy atom. The Balaban J connectivity index is 3.04. The van der Waals surface area contributed by atoms with Crippen molar-refractivity contribution in [2.45, 2.75) is 110 Å². The zero-order valence-electron chi connectivity index (χ0n) is 15.5. The van der Waals surface area contributed by atoms with Crippen LogP contribution in [0.25, 0.3) is 0 Å². The van der Waals surface area contributed by atoms with Crippen LogP contribution in [0.5, 0.6) is 0 Å². The molecule has 0 rings (SSSR count). The summed E-state index contributed by atoms with van der Waals surface area (Å²) in [5.41, 5.74) is 0. The van der Waals surface area contributed by atoms with Gasteiger partial charge in [0.25, 0.3) is 0 Å². The maximum Gasteiger partial charge on any atom is 0.305 e. The molecule has 0 saturated heterocycles. The van der Waals surface area contributed by atoms with E-state index in [2.05, 4.69) is 19.6 Å². The van der Waals surface area contributed by atoms with Gasteiger partial charge >= 0.3 is 5.97 Å². The lowest BCUT2D eigenvalue weighted by Gasteiger charge is -2.04. The molecule has 0 unspecified atom stereocenters. The third kappa shape index (κ3) is 19.8. The first-order valence-electron chi connectivity index (χ1n) is 10.1. The summed E-state index contributed by atoms with van der Waals surface area (Å²) in [5, 5.41) is 0. The minimum Gasteiger partial charge on any atom is -0.465 e. The first kappa shape index (κ1) is 22.8. The average Bonchev–Trinajstić information content (AvgIpc) is 2.56. The van der Waals surface area contributed by atoms with Crippen molar-refractivity contribution in [1.82, 2.24) is 0 Å². The highest BCUT2D eigenvalue weighted by atomic mass is 32.1. The molecule has 0 aromatic rings. The van der Waals surface area contributed by atoms with Gasteiger partial charge in [-0.25, -0.2) is 0 Å². The van der Waals surface area contributed by atoms with Gasteiger partial charge in [0.05, 0.1) is 0 Å². The zero-order valence-corrected chi connectivity index (χ0v) is 16.4. The SMILES string of the molecule is CCCCCCCCCCCCCCCCCC(=O)OCCS. The van der Waals surface area contributed by atoms with E-state index in [-0.39, 0.29) is 5.97 Å². The Morgan fingerprint density at radius 2 is 1.09 bits per heavy atom. The van der Waals surface area contributed by atoms with Crippen molar-refractivity contribution in [2.24, 2.45) is 0 Å². The van der Waals surface area contributed by atoms with Crippen LogP contribution >= 0.6 is 12.6 Å². The van der Waals surface area contributed by atoms with E-state index in [1.54, 1.807) is 0 Å². The number of carbonyl (C=O) groups excluding carboxylic acids is 1. The molecule has 0 aliphatic carbocycles. The highest BCUT2D eigenvalue weighted by Gasteiger charge is 2.01.